The number of ether oxygens (including phenoxy) is 3. The molecule has 0 heterocycles. The molecular weight excluding hydrogens is 354 g/mol. The van der Waals surface area contributed by atoms with E-state index in [0.29, 0.717) is 34.4 Å². The van der Waals surface area contributed by atoms with E-state index in [2.05, 4.69) is 5.32 Å². The minimum absolute atomic E-state index is 0.0322. The molecule has 26 heavy (non-hydrogen) atoms. The molecule has 0 aliphatic heterocycles. The number of hydrogen-bond donors (Lipinski definition) is 1. The number of aryl methyl sites for hydroxylation is 1. The third kappa shape index (κ3) is 4.61. The second-order valence-corrected chi connectivity index (χ2v) is 6.47. The van der Waals surface area contributed by atoms with Crippen molar-refractivity contribution in [3.8, 4) is 17.2 Å². The molecule has 1 amide bonds. The van der Waals surface area contributed by atoms with Gasteiger partial charge in [0.25, 0.3) is 0 Å². The van der Waals surface area contributed by atoms with Gasteiger partial charge < -0.3 is 19.5 Å². The normalized spacial score (nSPS) is 11.6. The van der Waals surface area contributed by atoms with Gasteiger partial charge in [-0.2, -0.15) is 0 Å². The first-order valence-electron chi connectivity index (χ1n) is 8.25. The van der Waals surface area contributed by atoms with Gasteiger partial charge in [-0.05, 0) is 36.1 Å². The van der Waals surface area contributed by atoms with E-state index in [1.807, 2.05) is 32.0 Å². The summed E-state index contributed by atoms with van der Waals surface area (Å²) in [6.07, 6.45) is 0.299. The van der Waals surface area contributed by atoms with Crippen molar-refractivity contribution in [2.75, 3.05) is 26.6 Å². The maximum Gasteiger partial charge on any atom is 0.225 e. The summed E-state index contributed by atoms with van der Waals surface area (Å²) in [5.41, 5.74) is 2.42. The Morgan fingerprint density at radius 3 is 2.38 bits per heavy atom. The molecule has 0 saturated carbocycles. The van der Waals surface area contributed by atoms with E-state index in [1.54, 1.807) is 33.5 Å². The standard InChI is InChI=1S/C20H24ClNO4/c1-12(15-7-6-14(24-3)10-18(15)25-4)9-20(23)22-17-8-13(2)16(21)11-19(17)26-5/h6-8,10-12H,9H2,1-5H3,(H,22,23). The van der Waals surface area contributed by atoms with Crippen LogP contribution in [0.3, 0.4) is 0 Å². The van der Waals surface area contributed by atoms with Crippen LogP contribution in [0.2, 0.25) is 5.02 Å². The van der Waals surface area contributed by atoms with Gasteiger partial charge in [0.2, 0.25) is 5.91 Å². The van der Waals surface area contributed by atoms with Crippen LogP contribution >= 0.6 is 11.6 Å². The lowest BCUT2D eigenvalue weighted by Crippen LogP contribution is -2.15. The minimum Gasteiger partial charge on any atom is -0.497 e. The second-order valence-electron chi connectivity index (χ2n) is 6.06. The quantitative estimate of drug-likeness (QED) is 0.752. The Labute approximate surface area is 159 Å². The molecule has 1 atom stereocenters. The number of amides is 1. The van der Waals surface area contributed by atoms with E-state index in [0.717, 1.165) is 11.1 Å². The second kappa shape index (κ2) is 8.81. The van der Waals surface area contributed by atoms with Gasteiger partial charge in [0, 0.05) is 23.6 Å². The van der Waals surface area contributed by atoms with E-state index < -0.39 is 0 Å². The Hall–Kier alpha value is -2.40. The van der Waals surface area contributed by atoms with Crippen LogP contribution in [-0.4, -0.2) is 27.2 Å². The topological polar surface area (TPSA) is 56.8 Å². The Balaban J connectivity index is 2.14. The lowest BCUT2D eigenvalue weighted by molar-refractivity contribution is -0.116. The fraction of sp³-hybridized carbons (Fsp3) is 0.350. The predicted molar refractivity (Wildman–Crippen MR) is 104 cm³/mol. The van der Waals surface area contributed by atoms with Gasteiger partial charge >= 0.3 is 0 Å². The molecule has 1 N–H and O–H groups in total. The predicted octanol–water partition coefficient (Wildman–Crippen LogP) is 4.81. The van der Waals surface area contributed by atoms with Crippen LogP contribution in [-0.2, 0) is 4.79 Å². The molecular formula is C20H24ClNO4. The van der Waals surface area contributed by atoms with Crippen LogP contribution in [0, 0.1) is 6.92 Å². The average Bonchev–Trinajstić information content (AvgIpc) is 2.63. The van der Waals surface area contributed by atoms with E-state index in [-0.39, 0.29) is 11.8 Å². The molecule has 0 radical (unpaired) electrons. The lowest BCUT2D eigenvalue weighted by Gasteiger charge is -2.17. The number of methoxy groups -OCH3 is 3. The van der Waals surface area contributed by atoms with Gasteiger partial charge in [0.05, 0.1) is 27.0 Å². The van der Waals surface area contributed by atoms with Crippen LogP contribution in [0.25, 0.3) is 0 Å². The number of carbonyl (C=O) groups excluding carboxylic acids is 1. The van der Waals surface area contributed by atoms with Crippen molar-refractivity contribution in [3.05, 3.63) is 46.5 Å². The first-order valence-corrected chi connectivity index (χ1v) is 8.63. The molecule has 2 aromatic carbocycles. The Morgan fingerprint density at radius 1 is 1.08 bits per heavy atom. The third-order valence-corrected chi connectivity index (χ3v) is 4.63. The zero-order chi connectivity index (χ0) is 19.3. The largest absolute Gasteiger partial charge is 0.497 e. The van der Waals surface area contributed by atoms with Gasteiger partial charge in [0.1, 0.15) is 17.2 Å². The minimum atomic E-state index is -0.115. The van der Waals surface area contributed by atoms with Crippen LogP contribution in [0.1, 0.15) is 30.4 Å². The number of nitrogens with one attached hydrogen (secondary N) is 1. The fourth-order valence-electron chi connectivity index (χ4n) is 2.74. The summed E-state index contributed by atoms with van der Waals surface area (Å²) in [5, 5.41) is 3.50. The van der Waals surface area contributed by atoms with Gasteiger partial charge in [-0.15, -0.1) is 0 Å². The molecule has 1 unspecified atom stereocenters. The van der Waals surface area contributed by atoms with Crippen LogP contribution < -0.4 is 19.5 Å². The Morgan fingerprint density at radius 2 is 1.77 bits per heavy atom. The van der Waals surface area contributed by atoms with E-state index >= 15 is 0 Å². The summed E-state index contributed by atoms with van der Waals surface area (Å²) in [6, 6.07) is 9.09. The molecule has 0 saturated heterocycles. The number of carbonyl (C=O) groups is 1. The summed E-state index contributed by atoms with van der Waals surface area (Å²) in [7, 11) is 4.75. The molecule has 0 spiro atoms. The Kier molecular flexibility index (Phi) is 6.75. The molecule has 0 aliphatic rings. The van der Waals surface area contributed by atoms with Crippen molar-refractivity contribution in [3.63, 3.8) is 0 Å². The zero-order valence-electron chi connectivity index (χ0n) is 15.7. The third-order valence-electron chi connectivity index (χ3n) is 4.22. The highest BCUT2D eigenvalue weighted by molar-refractivity contribution is 6.31. The monoisotopic (exact) mass is 377 g/mol. The highest BCUT2D eigenvalue weighted by atomic mass is 35.5. The van der Waals surface area contributed by atoms with Crippen molar-refractivity contribution in [1.82, 2.24) is 0 Å². The summed E-state index contributed by atoms with van der Waals surface area (Å²) in [4.78, 5) is 12.5. The van der Waals surface area contributed by atoms with E-state index in [1.165, 1.54) is 0 Å². The summed E-state index contributed by atoms with van der Waals surface area (Å²) >= 11 is 6.11. The zero-order valence-corrected chi connectivity index (χ0v) is 16.4. The SMILES string of the molecule is COc1ccc(C(C)CC(=O)Nc2cc(C)c(Cl)cc2OC)c(OC)c1. The maximum atomic E-state index is 12.5. The summed E-state index contributed by atoms with van der Waals surface area (Å²) in [5.74, 6) is 1.79. The van der Waals surface area contributed by atoms with Crippen molar-refractivity contribution in [1.29, 1.82) is 0 Å². The highest BCUT2D eigenvalue weighted by Gasteiger charge is 2.18. The van der Waals surface area contributed by atoms with Crippen LogP contribution in [0.5, 0.6) is 17.2 Å². The number of anilines is 1. The molecule has 6 heteroatoms. The molecule has 140 valence electrons. The highest BCUT2D eigenvalue weighted by Crippen LogP contribution is 2.34. The number of hydrogen-bond acceptors (Lipinski definition) is 4. The molecule has 0 fully saturated rings. The fourth-order valence-corrected chi connectivity index (χ4v) is 2.90. The van der Waals surface area contributed by atoms with E-state index in [4.69, 9.17) is 25.8 Å². The molecule has 5 nitrogen and oxygen atoms in total. The van der Waals surface area contributed by atoms with E-state index in [9.17, 15) is 4.79 Å². The summed E-state index contributed by atoms with van der Waals surface area (Å²) in [6.45, 7) is 3.86. The first-order chi connectivity index (χ1) is 12.4. The molecule has 0 aromatic heterocycles. The smallest absolute Gasteiger partial charge is 0.225 e. The van der Waals surface area contributed by atoms with Crippen molar-refractivity contribution >= 4 is 23.2 Å². The molecule has 0 aliphatic carbocycles. The van der Waals surface area contributed by atoms with Crippen molar-refractivity contribution < 1.29 is 19.0 Å². The Bertz CT molecular complexity index is 792. The summed E-state index contributed by atoms with van der Waals surface area (Å²) < 4.78 is 15.9. The van der Waals surface area contributed by atoms with Crippen molar-refractivity contribution in [2.45, 2.75) is 26.2 Å². The number of benzene rings is 2. The first kappa shape index (κ1) is 19.9. The van der Waals surface area contributed by atoms with Gasteiger partial charge in [-0.25, -0.2) is 0 Å². The number of halogens is 1. The molecule has 0 bridgehead atoms. The lowest BCUT2D eigenvalue weighted by atomic mass is 9.96. The van der Waals surface area contributed by atoms with Gasteiger partial charge in [0.15, 0.2) is 0 Å². The molecule has 2 rings (SSSR count). The molecule has 2 aromatic rings. The van der Waals surface area contributed by atoms with Gasteiger partial charge in [-0.3, -0.25) is 4.79 Å². The number of rotatable bonds is 7. The van der Waals surface area contributed by atoms with Crippen LogP contribution in [0.4, 0.5) is 5.69 Å². The van der Waals surface area contributed by atoms with Crippen LogP contribution in [0.15, 0.2) is 30.3 Å². The van der Waals surface area contributed by atoms with Gasteiger partial charge in [-0.1, -0.05) is 24.6 Å². The maximum absolute atomic E-state index is 12.5. The average molecular weight is 378 g/mol. The van der Waals surface area contributed by atoms with Crippen molar-refractivity contribution in [2.24, 2.45) is 0 Å².